The summed E-state index contributed by atoms with van der Waals surface area (Å²) in [5.74, 6) is 0.253. The van der Waals surface area contributed by atoms with E-state index in [9.17, 15) is 13.6 Å². The van der Waals surface area contributed by atoms with Crippen LogP contribution in [0.2, 0.25) is 0 Å². The standard InChI is InChI=1S/C19H20F2N4O2S/c1-19(4-7-28-18(22)25-19)13-8-12(2-3-14(13)21)9-16(26)15-10-24-17(11-23-15)27-6-5-20/h2-3,8,10-11H,4-7,9H2,1H3,(H2,22,25)/t19-/m0/s1. The summed E-state index contributed by atoms with van der Waals surface area (Å²) in [7, 11) is 0. The minimum Gasteiger partial charge on any atom is -0.474 e. The van der Waals surface area contributed by atoms with Gasteiger partial charge in [-0.15, -0.1) is 0 Å². The van der Waals surface area contributed by atoms with E-state index in [-0.39, 0.29) is 36.2 Å². The molecule has 0 unspecified atom stereocenters. The van der Waals surface area contributed by atoms with E-state index in [1.165, 1.54) is 30.2 Å². The molecular formula is C19H20F2N4O2S. The van der Waals surface area contributed by atoms with Crippen molar-refractivity contribution < 1.29 is 18.3 Å². The van der Waals surface area contributed by atoms with Crippen molar-refractivity contribution in [1.82, 2.24) is 9.97 Å². The number of halogens is 2. The number of aliphatic imine (C=N–C) groups is 1. The number of alkyl halides is 1. The molecule has 0 bridgehead atoms. The number of ketones is 1. The minimum absolute atomic E-state index is 0.0384. The highest BCUT2D eigenvalue weighted by molar-refractivity contribution is 8.13. The molecule has 9 heteroatoms. The number of nitrogens with two attached hydrogens (primary N) is 1. The average molecular weight is 406 g/mol. The van der Waals surface area contributed by atoms with Gasteiger partial charge < -0.3 is 10.5 Å². The number of hydrogen-bond donors (Lipinski definition) is 1. The molecule has 0 saturated heterocycles. The molecule has 1 aromatic heterocycles. The summed E-state index contributed by atoms with van der Waals surface area (Å²) >= 11 is 1.44. The maximum Gasteiger partial charge on any atom is 0.232 e. The fraction of sp³-hybridized carbons (Fsp3) is 0.368. The Kier molecular flexibility index (Phi) is 6.23. The van der Waals surface area contributed by atoms with Gasteiger partial charge in [0.1, 0.15) is 24.8 Å². The fourth-order valence-corrected chi connectivity index (χ4v) is 3.90. The Bertz CT molecular complexity index is 892. The molecule has 0 saturated carbocycles. The number of Topliss-reactive ketones (excluding diaryl/α,β-unsaturated/α-hetero) is 1. The first-order chi connectivity index (χ1) is 13.4. The Hall–Kier alpha value is -2.55. The Morgan fingerprint density at radius 2 is 2.18 bits per heavy atom. The van der Waals surface area contributed by atoms with Gasteiger partial charge in [0, 0.05) is 17.7 Å². The summed E-state index contributed by atoms with van der Waals surface area (Å²) in [6.45, 7) is 1.08. The molecule has 2 heterocycles. The fourth-order valence-electron chi connectivity index (χ4n) is 2.93. The van der Waals surface area contributed by atoms with Crippen LogP contribution in [0, 0.1) is 5.82 Å². The summed E-state index contributed by atoms with van der Waals surface area (Å²) in [5.41, 5.74) is 6.29. The van der Waals surface area contributed by atoms with Gasteiger partial charge in [-0.3, -0.25) is 9.79 Å². The minimum atomic E-state index is -0.756. The van der Waals surface area contributed by atoms with E-state index in [4.69, 9.17) is 10.5 Å². The number of ether oxygens (including phenoxy) is 1. The number of benzene rings is 1. The summed E-state index contributed by atoms with van der Waals surface area (Å²) in [5, 5.41) is 0.431. The summed E-state index contributed by atoms with van der Waals surface area (Å²) < 4.78 is 31.6. The molecule has 0 aliphatic carbocycles. The normalized spacial score (nSPS) is 19.2. The molecule has 1 aliphatic rings. The van der Waals surface area contributed by atoms with Crippen molar-refractivity contribution in [3.63, 3.8) is 0 Å². The predicted molar refractivity (Wildman–Crippen MR) is 104 cm³/mol. The van der Waals surface area contributed by atoms with E-state index >= 15 is 0 Å². The van der Waals surface area contributed by atoms with Gasteiger partial charge in [-0.1, -0.05) is 17.8 Å². The van der Waals surface area contributed by atoms with Gasteiger partial charge in [0.2, 0.25) is 5.88 Å². The van der Waals surface area contributed by atoms with Crippen LogP contribution >= 0.6 is 11.8 Å². The average Bonchev–Trinajstić information content (AvgIpc) is 2.68. The number of amidine groups is 1. The van der Waals surface area contributed by atoms with Crippen molar-refractivity contribution in [2.75, 3.05) is 19.0 Å². The highest BCUT2D eigenvalue weighted by Crippen LogP contribution is 2.36. The van der Waals surface area contributed by atoms with Crippen LogP contribution in [0.4, 0.5) is 8.78 Å². The zero-order valence-corrected chi connectivity index (χ0v) is 16.1. The zero-order valence-electron chi connectivity index (χ0n) is 15.3. The number of rotatable bonds is 7. The summed E-state index contributed by atoms with van der Waals surface area (Å²) in [6, 6.07) is 4.57. The van der Waals surface area contributed by atoms with Crippen molar-refractivity contribution in [1.29, 1.82) is 0 Å². The molecule has 1 aliphatic heterocycles. The topological polar surface area (TPSA) is 90.5 Å². The quantitative estimate of drug-likeness (QED) is 0.711. The number of hydrogen-bond acceptors (Lipinski definition) is 7. The van der Waals surface area contributed by atoms with Crippen LogP contribution in [0.3, 0.4) is 0 Å². The Labute approximate surface area is 165 Å². The van der Waals surface area contributed by atoms with Crippen molar-refractivity contribution >= 4 is 22.7 Å². The molecule has 6 nitrogen and oxygen atoms in total. The lowest BCUT2D eigenvalue weighted by atomic mass is 9.87. The molecule has 148 valence electrons. The number of carbonyl (C=O) groups is 1. The van der Waals surface area contributed by atoms with E-state index in [0.29, 0.717) is 22.7 Å². The first-order valence-electron chi connectivity index (χ1n) is 8.72. The van der Waals surface area contributed by atoms with Gasteiger partial charge in [-0.2, -0.15) is 0 Å². The van der Waals surface area contributed by atoms with Crippen LogP contribution in [-0.4, -0.2) is 40.0 Å². The second-order valence-electron chi connectivity index (χ2n) is 6.51. The summed E-state index contributed by atoms with van der Waals surface area (Å²) in [6.07, 6.45) is 3.25. The van der Waals surface area contributed by atoms with Crippen LogP contribution in [0.1, 0.15) is 35.0 Å². The van der Waals surface area contributed by atoms with Gasteiger partial charge in [0.15, 0.2) is 11.0 Å². The maximum atomic E-state index is 14.5. The van der Waals surface area contributed by atoms with E-state index < -0.39 is 12.2 Å². The van der Waals surface area contributed by atoms with Gasteiger partial charge in [-0.25, -0.2) is 18.7 Å². The van der Waals surface area contributed by atoms with E-state index in [2.05, 4.69) is 15.0 Å². The second kappa shape index (κ2) is 8.64. The summed E-state index contributed by atoms with van der Waals surface area (Å²) in [4.78, 5) is 24.9. The third-order valence-corrected chi connectivity index (χ3v) is 5.21. The molecule has 0 amide bonds. The lowest BCUT2D eigenvalue weighted by Gasteiger charge is -2.30. The van der Waals surface area contributed by atoms with Gasteiger partial charge >= 0.3 is 0 Å². The molecule has 2 aromatic rings. The number of carbonyl (C=O) groups excluding carboxylic acids is 1. The van der Waals surface area contributed by atoms with Crippen LogP contribution in [0.15, 0.2) is 35.6 Å². The molecular weight excluding hydrogens is 386 g/mol. The lowest BCUT2D eigenvalue weighted by Crippen LogP contribution is -2.29. The SMILES string of the molecule is C[C@@]1(c2cc(CC(=O)c3cnc(OCCF)cn3)ccc2F)CCSC(N)=N1. The van der Waals surface area contributed by atoms with Gasteiger partial charge in [-0.05, 0) is 31.0 Å². The Morgan fingerprint density at radius 3 is 2.86 bits per heavy atom. The molecule has 28 heavy (non-hydrogen) atoms. The molecule has 0 spiro atoms. The molecule has 2 N–H and O–H groups in total. The molecule has 1 aromatic carbocycles. The highest BCUT2D eigenvalue weighted by atomic mass is 32.2. The molecule has 3 rings (SSSR count). The van der Waals surface area contributed by atoms with Crippen molar-refractivity contribution in [3.8, 4) is 5.88 Å². The van der Waals surface area contributed by atoms with Crippen LogP contribution in [-0.2, 0) is 12.0 Å². The number of aromatic nitrogens is 2. The Balaban J connectivity index is 1.78. The molecule has 0 fully saturated rings. The van der Waals surface area contributed by atoms with Crippen LogP contribution in [0.25, 0.3) is 0 Å². The van der Waals surface area contributed by atoms with Crippen LogP contribution in [0.5, 0.6) is 5.88 Å². The van der Waals surface area contributed by atoms with Crippen molar-refractivity contribution in [2.24, 2.45) is 10.7 Å². The van der Waals surface area contributed by atoms with Gasteiger partial charge in [0.05, 0.1) is 17.9 Å². The first-order valence-corrected chi connectivity index (χ1v) is 9.71. The number of nitrogens with zero attached hydrogens (tertiary/aromatic N) is 3. The third-order valence-electron chi connectivity index (χ3n) is 4.41. The maximum absolute atomic E-state index is 14.5. The zero-order chi connectivity index (χ0) is 20.1. The second-order valence-corrected chi connectivity index (χ2v) is 7.63. The van der Waals surface area contributed by atoms with Crippen LogP contribution < -0.4 is 10.5 Å². The predicted octanol–water partition coefficient (Wildman–Crippen LogP) is 3.06. The molecule has 0 radical (unpaired) electrons. The smallest absolute Gasteiger partial charge is 0.232 e. The largest absolute Gasteiger partial charge is 0.474 e. The van der Waals surface area contributed by atoms with E-state index in [1.807, 2.05) is 6.92 Å². The van der Waals surface area contributed by atoms with Crippen molar-refractivity contribution in [3.05, 3.63) is 53.2 Å². The third kappa shape index (κ3) is 4.64. The van der Waals surface area contributed by atoms with E-state index in [0.717, 1.165) is 5.75 Å². The van der Waals surface area contributed by atoms with Gasteiger partial charge in [0.25, 0.3) is 0 Å². The highest BCUT2D eigenvalue weighted by Gasteiger charge is 2.32. The lowest BCUT2D eigenvalue weighted by molar-refractivity contribution is 0.0987. The monoisotopic (exact) mass is 406 g/mol. The Morgan fingerprint density at radius 1 is 1.36 bits per heavy atom. The van der Waals surface area contributed by atoms with E-state index in [1.54, 1.807) is 12.1 Å². The number of thioether (sulfide) groups is 1. The molecule has 1 atom stereocenters. The van der Waals surface area contributed by atoms with Crippen molar-refractivity contribution in [2.45, 2.75) is 25.3 Å². The first kappa shape index (κ1) is 20.2.